The van der Waals surface area contributed by atoms with Crippen molar-refractivity contribution in [2.45, 2.75) is 39.2 Å². The highest BCUT2D eigenvalue weighted by atomic mass is 32.1. The summed E-state index contributed by atoms with van der Waals surface area (Å²) in [5.74, 6) is 0.636. The van der Waals surface area contributed by atoms with Crippen LogP contribution in [0.1, 0.15) is 30.0 Å². The molecule has 1 heterocycles. The van der Waals surface area contributed by atoms with Crippen LogP contribution in [0.25, 0.3) is 0 Å². The molecule has 4 heteroatoms. The normalized spacial score (nSPS) is 14.9. The fourth-order valence-corrected chi connectivity index (χ4v) is 3.61. The second-order valence-corrected chi connectivity index (χ2v) is 6.68. The lowest BCUT2D eigenvalue weighted by molar-refractivity contribution is 0.639. The minimum atomic E-state index is 0.470. The number of benzene rings is 1. The van der Waals surface area contributed by atoms with Gasteiger partial charge in [-0.2, -0.15) is 0 Å². The van der Waals surface area contributed by atoms with Gasteiger partial charge in [0.2, 0.25) is 5.13 Å². The smallest absolute Gasteiger partial charge is 0.205 e. The van der Waals surface area contributed by atoms with E-state index in [2.05, 4.69) is 53.6 Å². The Morgan fingerprint density at radius 3 is 2.53 bits per heavy atom. The van der Waals surface area contributed by atoms with Gasteiger partial charge in [-0.1, -0.05) is 49.4 Å². The fraction of sp³-hybridized carbons (Fsp3) is 0.467. The monoisotopic (exact) mass is 273 g/mol. The number of hydrogen-bond acceptors (Lipinski definition) is 4. The first-order valence-electron chi connectivity index (χ1n) is 6.86. The summed E-state index contributed by atoms with van der Waals surface area (Å²) in [6.07, 6.45) is 3.20. The molecule has 0 saturated heterocycles. The molecule has 0 bridgehead atoms. The SMILES string of the molecule is CC(C)Cc1nnc(NC2Cc3ccccc3C2)s1. The molecule has 1 aromatic heterocycles. The second kappa shape index (κ2) is 5.29. The van der Waals surface area contributed by atoms with Gasteiger partial charge in [0.1, 0.15) is 5.01 Å². The molecule has 0 spiro atoms. The van der Waals surface area contributed by atoms with Crippen molar-refractivity contribution in [2.24, 2.45) is 5.92 Å². The minimum Gasteiger partial charge on any atom is -0.357 e. The summed E-state index contributed by atoms with van der Waals surface area (Å²) in [7, 11) is 0. The maximum atomic E-state index is 4.25. The van der Waals surface area contributed by atoms with Crippen molar-refractivity contribution in [3.8, 4) is 0 Å². The van der Waals surface area contributed by atoms with E-state index in [9.17, 15) is 0 Å². The van der Waals surface area contributed by atoms with Crippen LogP contribution in [0.3, 0.4) is 0 Å². The third kappa shape index (κ3) is 2.95. The van der Waals surface area contributed by atoms with Gasteiger partial charge in [0.25, 0.3) is 0 Å². The number of nitrogens with zero attached hydrogens (tertiary/aromatic N) is 2. The molecule has 0 amide bonds. The Kier molecular flexibility index (Phi) is 3.51. The third-order valence-electron chi connectivity index (χ3n) is 3.43. The van der Waals surface area contributed by atoms with E-state index in [4.69, 9.17) is 0 Å². The molecule has 3 rings (SSSR count). The summed E-state index contributed by atoms with van der Waals surface area (Å²) in [5.41, 5.74) is 2.93. The van der Waals surface area contributed by atoms with Gasteiger partial charge in [0.05, 0.1) is 0 Å². The Balaban J connectivity index is 1.63. The molecule has 0 aliphatic heterocycles. The summed E-state index contributed by atoms with van der Waals surface area (Å²) in [6.45, 7) is 4.42. The highest BCUT2D eigenvalue weighted by molar-refractivity contribution is 7.15. The van der Waals surface area contributed by atoms with Gasteiger partial charge in [0, 0.05) is 12.5 Å². The van der Waals surface area contributed by atoms with Crippen molar-refractivity contribution in [3.63, 3.8) is 0 Å². The van der Waals surface area contributed by atoms with E-state index in [1.54, 1.807) is 11.3 Å². The fourth-order valence-electron chi connectivity index (χ4n) is 2.58. The van der Waals surface area contributed by atoms with Gasteiger partial charge >= 0.3 is 0 Å². The average molecular weight is 273 g/mol. The van der Waals surface area contributed by atoms with Crippen molar-refractivity contribution in [1.29, 1.82) is 0 Å². The Morgan fingerprint density at radius 1 is 1.21 bits per heavy atom. The molecule has 0 atom stereocenters. The van der Waals surface area contributed by atoms with E-state index >= 15 is 0 Å². The van der Waals surface area contributed by atoms with Crippen LogP contribution in [0, 0.1) is 5.92 Å². The highest BCUT2D eigenvalue weighted by Crippen LogP contribution is 2.26. The summed E-state index contributed by atoms with van der Waals surface area (Å²) in [4.78, 5) is 0. The van der Waals surface area contributed by atoms with Crippen LogP contribution in [0.5, 0.6) is 0 Å². The van der Waals surface area contributed by atoms with Crippen LogP contribution in [0.4, 0.5) is 5.13 Å². The molecule has 19 heavy (non-hydrogen) atoms. The number of rotatable bonds is 4. The van der Waals surface area contributed by atoms with Crippen LogP contribution in [-0.4, -0.2) is 16.2 Å². The quantitative estimate of drug-likeness (QED) is 0.928. The van der Waals surface area contributed by atoms with Crippen LogP contribution in [0.2, 0.25) is 0 Å². The Morgan fingerprint density at radius 2 is 1.89 bits per heavy atom. The van der Waals surface area contributed by atoms with Crippen LogP contribution < -0.4 is 5.32 Å². The zero-order chi connectivity index (χ0) is 13.2. The summed E-state index contributed by atoms with van der Waals surface area (Å²) < 4.78 is 0. The molecule has 0 fully saturated rings. The summed E-state index contributed by atoms with van der Waals surface area (Å²) in [5, 5.41) is 14.1. The highest BCUT2D eigenvalue weighted by Gasteiger charge is 2.21. The average Bonchev–Trinajstić information content (AvgIpc) is 2.94. The molecule has 0 saturated carbocycles. The van der Waals surface area contributed by atoms with Crippen LogP contribution in [0.15, 0.2) is 24.3 Å². The molecule has 3 nitrogen and oxygen atoms in total. The molecule has 2 aromatic rings. The van der Waals surface area contributed by atoms with Gasteiger partial charge in [-0.25, -0.2) is 0 Å². The molecular formula is C15H19N3S. The first-order valence-corrected chi connectivity index (χ1v) is 7.68. The number of aromatic nitrogens is 2. The van der Waals surface area contributed by atoms with Gasteiger partial charge in [-0.15, -0.1) is 10.2 Å². The molecule has 1 aliphatic rings. The maximum Gasteiger partial charge on any atom is 0.205 e. The van der Waals surface area contributed by atoms with E-state index in [1.807, 2.05) is 0 Å². The second-order valence-electron chi connectivity index (χ2n) is 5.62. The Labute approximate surface area is 118 Å². The van der Waals surface area contributed by atoms with Gasteiger partial charge < -0.3 is 5.32 Å². The number of anilines is 1. The number of hydrogen-bond donors (Lipinski definition) is 1. The zero-order valence-electron chi connectivity index (χ0n) is 11.4. The van der Waals surface area contributed by atoms with Crippen molar-refractivity contribution in [3.05, 3.63) is 40.4 Å². The lowest BCUT2D eigenvalue weighted by Crippen LogP contribution is -2.19. The largest absolute Gasteiger partial charge is 0.357 e. The molecule has 0 radical (unpaired) electrons. The molecule has 1 N–H and O–H groups in total. The van der Waals surface area contributed by atoms with Gasteiger partial charge in [-0.3, -0.25) is 0 Å². The standard InChI is InChI=1S/C15H19N3S/c1-10(2)7-14-17-18-15(19-14)16-13-8-11-5-3-4-6-12(11)9-13/h3-6,10,13H,7-9H2,1-2H3,(H,16,18). The first-order chi connectivity index (χ1) is 9.20. The van der Waals surface area contributed by atoms with Crippen LogP contribution in [-0.2, 0) is 19.3 Å². The third-order valence-corrected chi connectivity index (χ3v) is 4.31. The lowest BCUT2D eigenvalue weighted by Gasteiger charge is -2.09. The van der Waals surface area contributed by atoms with E-state index in [0.717, 1.165) is 29.4 Å². The van der Waals surface area contributed by atoms with Gasteiger partial charge in [0.15, 0.2) is 0 Å². The van der Waals surface area contributed by atoms with Crippen molar-refractivity contribution in [2.75, 3.05) is 5.32 Å². The number of fused-ring (bicyclic) bond motifs is 1. The van der Waals surface area contributed by atoms with Crippen molar-refractivity contribution >= 4 is 16.5 Å². The maximum absolute atomic E-state index is 4.25. The molecule has 0 unspecified atom stereocenters. The van der Waals surface area contributed by atoms with E-state index < -0.39 is 0 Å². The number of nitrogens with one attached hydrogen (secondary N) is 1. The predicted octanol–water partition coefficient (Wildman–Crippen LogP) is 3.32. The van der Waals surface area contributed by atoms with E-state index in [1.165, 1.54) is 11.1 Å². The van der Waals surface area contributed by atoms with Crippen molar-refractivity contribution < 1.29 is 0 Å². The molecule has 100 valence electrons. The molecular weight excluding hydrogens is 254 g/mol. The molecule has 1 aliphatic carbocycles. The minimum absolute atomic E-state index is 0.470. The Hall–Kier alpha value is -1.42. The Bertz CT molecular complexity index is 537. The topological polar surface area (TPSA) is 37.8 Å². The molecule has 1 aromatic carbocycles. The van der Waals surface area contributed by atoms with Crippen molar-refractivity contribution in [1.82, 2.24) is 10.2 Å². The van der Waals surface area contributed by atoms with Crippen LogP contribution >= 0.6 is 11.3 Å². The predicted molar refractivity (Wildman–Crippen MR) is 79.7 cm³/mol. The summed E-state index contributed by atoms with van der Waals surface area (Å²) >= 11 is 1.69. The summed E-state index contributed by atoms with van der Waals surface area (Å²) in [6, 6.07) is 9.15. The van der Waals surface area contributed by atoms with Gasteiger partial charge in [-0.05, 0) is 29.9 Å². The first kappa shape index (κ1) is 12.6. The van der Waals surface area contributed by atoms with E-state index in [0.29, 0.717) is 12.0 Å². The van der Waals surface area contributed by atoms with E-state index in [-0.39, 0.29) is 0 Å². The lowest BCUT2D eigenvalue weighted by atomic mass is 10.1. The zero-order valence-corrected chi connectivity index (χ0v) is 12.2.